The highest BCUT2D eigenvalue weighted by molar-refractivity contribution is 5.80. The molecule has 1 saturated carbocycles. The molecule has 2 atom stereocenters. The van der Waals surface area contributed by atoms with Gasteiger partial charge in [0, 0.05) is 25.4 Å². The molecular weight excluding hydrogens is 212 g/mol. The van der Waals surface area contributed by atoms with E-state index >= 15 is 0 Å². The highest BCUT2D eigenvalue weighted by atomic mass is 16.5. The third kappa shape index (κ3) is 1.54. The predicted molar refractivity (Wildman–Crippen MR) is 66.1 cm³/mol. The summed E-state index contributed by atoms with van der Waals surface area (Å²) in [6.45, 7) is 0. The number of carbonyl (C=O) groups excluding carboxylic acids is 1. The normalized spacial score (nSPS) is 31.8. The molecule has 2 nitrogen and oxygen atoms in total. The lowest BCUT2D eigenvalue weighted by molar-refractivity contribution is -0.127. The van der Waals surface area contributed by atoms with Crippen molar-refractivity contribution < 1.29 is 9.53 Å². The number of aryl methyl sites for hydroxylation is 1. The molecule has 1 aromatic rings. The number of fused-ring (bicyclic) bond motifs is 2. The van der Waals surface area contributed by atoms with E-state index in [4.69, 9.17) is 4.74 Å². The smallest absolute Gasteiger partial charge is 0.135 e. The summed E-state index contributed by atoms with van der Waals surface area (Å²) in [7, 11) is 1.74. The lowest BCUT2D eigenvalue weighted by atomic mass is 9.68. The van der Waals surface area contributed by atoms with Crippen molar-refractivity contribution in [3.05, 3.63) is 35.4 Å². The van der Waals surface area contributed by atoms with Gasteiger partial charge in [-0.2, -0.15) is 0 Å². The molecule has 0 heterocycles. The molecule has 0 N–H and O–H groups in total. The van der Waals surface area contributed by atoms with Gasteiger partial charge >= 0.3 is 0 Å². The Hall–Kier alpha value is -1.15. The van der Waals surface area contributed by atoms with Gasteiger partial charge in [-0.15, -0.1) is 0 Å². The molecular formula is C15H18O2. The number of ketones is 1. The van der Waals surface area contributed by atoms with Crippen LogP contribution in [-0.4, -0.2) is 19.0 Å². The van der Waals surface area contributed by atoms with Crippen LogP contribution in [0.1, 0.15) is 36.8 Å². The van der Waals surface area contributed by atoms with Gasteiger partial charge in [-0.25, -0.2) is 0 Å². The van der Waals surface area contributed by atoms with Gasteiger partial charge in [0.1, 0.15) is 5.78 Å². The Morgan fingerprint density at radius 1 is 1.24 bits per heavy atom. The molecule has 0 aromatic heterocycles. The zero-order valence-electron chi connectivity index (χ0n) is 10.2. The summed E-state index contributed by atoms with van der Waals surface area (Å²) < 4.78 is 5.64. The molecule has 2 aliphatic carbocycles. The van der Waals surface area contributed by atoms with Crippen molar-refractivity contribution >= 4 is 5.78 Å². The average molecular weight is 230 g/mol. The van der Waals surface area contributed by atoms with Gasteiger partial charge in [-0.1, -0.05) is 24.3 Å². The molecule has 2 heteroatoms. The van der Waals surface area contributed by atoms with Crippen molar-refractivity contribution in [2.45, 2.75) is 43.6 Å². The largest absolute Gasteiger partial charge is 0.380 e. The van der Waals surface area contributed by atoms with Crippen LogP contribution < -0.4 is 0 Å². The molecule has 0 amide bonds. The maximum atomic E-state index is 11.6. The van der Waals surface area contributed by atoms with Crippen molar-refractivity contribution in [1.82, 2.24) is 0 Å². The van der Waals surface area contributed by atoms with E-state index in [1.54, 1.807) is 7.11 Å². The second-order valence-corrected chi connectivity index (χ2v) is 5.28. The Bertz CT molecular complexity index is 452. The average Bonchev–Trinajstić information content (AvgIpc) is 2.73. The Kier molecular flexibility index (Phi) is 2.55. The van der Waals surface area contributed by atoms with E-state index in [1.165, 1.54) is 11.1 Å². The summed E-state index contributed by atoms with van der Waals surface area (Å²) in [6, 6.07) is 8.65. The van der Waals surface area contributed by atoms with Crippen molar-refractivity contribution in [1.29, 1.82) is 0 Å². The molecule has 3 rings (SSSR count). The van der Waals surface area contributed by atoms with Crippen LogP contribution in [0.5, 0.6) is 0 Å². The quantitative estimate of drug-likeness (QED) is 0.741. The molecule has 0 radical (unpaired) electrons. The number of benzene rings is 1. The number of hydrogen-bond donors (Lipinski definition) is 0. The maximum Gasteiger partial charge on any atom is 0.135 e. The highest BCUT2D eigenvalue weighted by Crippen LogP contribution is 2.48. The van der Waals surface area contributed by atoms with E-state index < -0.39 is 0 Å². The minimum Gasteiger partial charge on any atom is -0.380 e. The zero-order chi connectivity index (χ0) is 11.9. The molecule has 1 spiro atoms. The molecule has 0 saturated heterocycles. The first-order chi connectivity index (χ1) is 8.26. The first-order valence-corrected chi connectivity index (χ1v) is 6.39. The van der Waals surface area contributed by atoms with Gasteiger partial charge in [0.25, 0.3) is 0 Å². The molecule has 1 aromatic carbocycles. The molecule has 0 bridgehead atoms. The number of Topliss-reactive ketones (excluding diaryl/α,β-unsaturated/α-hetero) is 1. The summed E-state index contributed by atoms with van der Waals surface area (Å²) in [6.07, 6.45) is 4.61. The van der Waals surface area contributed by atoms with Crippen LogP contribution in [0, 0.1) is 0 Å². The Labute approximate surface area is 102 Å². The van der Waals surface area contributed by atoms with Gasteiger partial charge in [-0.3, -0.25) is 4.79 Å². The number of rotatable bonds is 1. The SMILES string of the molecule is COC1CC(=O)CCC12CCc1ccccc12. The third-order valence-electron chi connectivity index (χ3n) is 4.56. The Balaban J connectivity index is 2.04. The van der Waals surface area contributed by atoms with Crippen LogP contribution in [0.4, 0.5) is 0 Å². The van der Waals surface area contributed by atoms with Crippen molar-refractivity contribution in [2.75, 3.05) is 7.11 Å². The lowest BCUT2D eigenvalue weighted by Gasteiger charge is -2.40. The number of hydrogen-bond acceptors (Lipinski definition) is 2. The van der Waals surface area contributed by atoms with Crippen molar-refractivity contribution in [2.24, 2.45) is 0 Å². The van der Waals surface area contributed by atoms with E-state index in [0.717, 1.165) is 19.3 Å². The van der Waals surface area contributed by atoms with E-state index in [9.17, 15) is 4.79 Å². The number of ether oxygens (including phenoxy) is 1. The third-order valence-corrected chi connectivity index (χ3v) is 4.56. The fourth-order valence-corrected chi connectivity index (χ4v) is 3.65. The summed E-state index contributed by atoms with van der Waals surface area (Å²) in [5.74, 6) is 0.354. The van der Waals surface area contributed by atoms with Gasteiger partial charge < -0.3 is 4.74 Å². The molecule has 2 unspecified atom stereocenters. The zero-order valence-corrected chi connectivity index (χ0v) is 10.2. The summed E-state index contributed by atoms with van der Waals surface area (Å²) in [5.41, 5.74) is 2.99. The summed E-state index contributed by atoms with van der Waals surface area (Å²) in [5, 5.41) is 0. The van der Waals surface area contributed by atoms with E-state index in [0.29, 0.717) is 18.6 Å². The number of carbonyl (C=O) groups is 1. The Morgan fingerprint density at radius 3 is 2.82 bits per heavy atom. The fourth-order valence-electron chi connectivity index (χ4n) is 3.65. The second kappa shape index (κ2) is 3.95. The Morgan fingerprint density at radius 2 is 2.00 bits per heavy atom. The molecule has 0 aliphatic heterocycles. The predicted octanol–water partition coefficient (Wildman–Crippen LogP) is 2.64. The van der Waals surface area contributed by atoms with E-state index in [1.807, 2.05) is 0 Å². The van der Waals surface area contributed by atoms with E-state index in [2.05, 4.69) is 24.3 Å². The van der Waals surface area contributed by atoms with Gasteiger partial charge in [0.2, 0.25) is 0 Å². The topological polar surface area (TPSA) is 26.3 Å². The maximum absolute atomic E-state index is 11.6. The van der Waals surface area contributed by atoms with Crippen LogP contribution >= 0.6 is 0 Å². The highest BCUT2D eigenvalue weighted by Gasteiger charge is 2.48. The standard InChI is InChI=1S/C15H18O2/c1-17-14-10-12(16)7-9-15(14)8-6-11-4-2-3-5-13(11)15/h2-5,14H,6-10H2,1H3. The monoisotopic (exact) mass is 230 g/mol. The molecule has 90 valence electrons. The van der Waals surface area contributed by atoms with Gasteiger partial charge in [-0.05, 0) is 30.4 Å². The first kappa shape index (κ1) is 11.0. The lowest BCUT2D eigenvalue weighted by Crippen LogP contribution is -2.44. The molecule has 2 aliphatic rings. The van der Waals surface area contributed by atoms with Crippen LogP contribution in [0.25, 0.3) is 0 Å². The van der Waals surface area contributed by atoms with E-state index in [-0.39, 0.29) is 11.5 Å². The van der Waals surface area contributed by atoms with Crippen LogP contribution in [0.3, 0.4) is 0 Å². The van der Waals surface area contributed by atoms with Gasteiger partial charge in [0.05, 0.1) is 6.10 Å². The molecule has 17 heavy (non-hydrogen) atoms. The summed E-state index contributed by atoms with van der Waals surface area (Å²) >= 11 is 0. The summed E-state index contributed by atoms with van der Waals surface area (Å²) in [4.78, 5) is 11.6. The minimum absolute atomic E-state index is 0.0763. The fraction of sp³-hybridized carbons (Fsp3) is 0.533. The van der Waals surface area contributed by atoms with Crippen LogP contribution in [-0.2, 0) is 21.4 Å². The minimum atomic E-state index is 0.0763. The number of methoxy groups -OCH3 is 1. The van der Waals surface area contributed by atoms with Gasteiger partial charge in [0.15, 0.2) is 0 Å². The first-order valence-electron chi connectivity index (χ1n) is 6.39. The van der Waals surface area contributed by atoms with Crippen molar-refractivity contribution in [3.63, 3.8) is 0 Å². The molecule has 1 fully saturated rings. The second-order valence-electron chi connectivity index (χ2n) is 5.28. The van der Waals surface area contributed by atoms with Crippen molar-refractivity contribution in [3.8, 4) is 0 Å². The van der Waals surface area contributed by atoms with Crippen LogP contribution in [0.2, 0.25) is 0 Å². The van der Waals surface area contributed by atoms with Crippen LogP contribution in [0.15, 0.2) is 24.3 Å².